The van der Waals surface area contributed by atoms with Gasteiger partial charge in [0, 0.05) is 5.54 Å². The van der Waals surface area contributed by atoms with Gasteiger partial charge in [-0.15, -0.1) is 0 Å². The van der Waals surface area contributed by atoms with Crippen molar-refractivity contribution in [2.45, 2.75) is 56.2 Å². The number of rotatable bonds is 1. The first kappa shape index (κ1) is 11.4. The van der Waals surface area contributed by atoms with Crippen LogP contribution in [0.1, 0.15) is 46.0 Å². The Balaban J connectivity index is 2.33. The van der Waals surface area contributed by atoms with E-state index in [1.807, 2.05) is 13.8 Å². The molecule has 0 radical (unpaired) electrons. The number of nitrogens with two attached hydrogens (primary N) is 1. The van der Waals surface area contributed by atoms with E-state index in [0.717, 1.165) is 32.1 Å². The number of sulfone groups is 1. The maximum atomic E-state index is 11.9. The van der Waals surface area contributed by atoms with Crippen LogP contribution in [0.2, 0.25) is 0 Å². The Labute approximate surface area is 92.3 Å². The van der Waals surface area contributed by atoms with Gasteiger partial charge in [-0.05, 0) is 39.0 Å². The van der Waals surface area contributed by atoms with Crippen LogP contribution in [-0.4, -0.2) is 24.5 Å². The molecule has 3 nitrogen and oxygen atoms in total. The van der Waals surface area contributed by atoms with Gasteiger partial charge in [0.2, 0.25) is 0 Å². The lowest BCUT2D eigenvalue weighted by Crippen LogP contribution is -2.52. The summed E-state index contributed by atoms with van der Waals surface area (Å²) in [7, 11) is -2.93. The maximum absolute atomic E-state index is 11.9. The first-order chi connectivity index (χ1) is 6.80. The lowest BCUT2D eigenvalue weighted by atomic mass is 9.74. The monoisotopic (exact) mass is 231 g/mol. The third-order valence-corrected chi connectivity index (χ3v) is 7.21. The average Bonchev–Trinajstić information content (AvgIpc) is 2.59. The Morgan fingerprint density at radius 3 is 2.13 bits per heavy atom. The molecular weight excluding hydrogens is 210 g/mol. The first-order valence-electron chi connectivity index (χ1n) is 5.81. The van der Waals surface area contributed by atoms with Crippen molar-refractivity contribution in [2.24, 2.45) is 11.7 Å². The summed E-state index contributed by atoms with van der Waals surface area (Å²) in [4.78, 5) is 0. The van der Waals surface area contributed by atoms with Crippen molar-refractivity contribution in [1.82, 2.24) is 0 Å². The van der Waals surface area contributed by atoms with E-state index in [4.69, 9.17) is 5.73 Å². The van der Waals surface area contributed by atoms with Crippen LogP contribution < -0.4 is 5.73 Å². The highest BCUT2D eigenvalue weighted by molar-refractivity contribution is 7.93. The summed E-state index contributed by atoms with van der Waals surface area (Å²) in [6.45, 7) is 3.71. The second-order valence-electron chi connectivity index (χ2n) is 5.70. The summed E-state index contributed by atoms with van der Waals surface area (Å²) in [6.07, 6.45) is 5.06. The summed E-state index contributed by atoms with van der Waals surface area (Å²) < 4.78 is 23.3. The zero-order valence-electron chi connectivity index (χ0n) is 9.62. The molecule has 0 aromatic carbocycles. The molecule has 0 bridgehead atoms. The van der Waals surface area contributed by atoms with Gasteiger partial charge in [0.15, 0.2) is 9.84 Å². The molecule has 1 heterocycles. The maximum Gasteiger partial charge on any atom is 0.155 e. The van der Waals surface area contributed by atoms with Crippen LogP contribution in [0.25, 0.3) is 0 Å². The van der Waals surface area contributed by atoms with Crippen molar-refractivity contribution in [2.75, 3.05) is 5.75 Å². The minimum absolute atomic E-state index is 0.150. The zero-order valence-corrected chi connectivity index (χ0v) is 10.4. The highest BCUT2D eigenvalue weighted by Crippen LogP contribution is 2.48. The third-order valence-electron chi connectivity index (χ3n) is 4.54. The zero-order chi connectivity index (χ0) is 11.3. The summed E-state index contributed by atoms with van der Waals surface area (Å²) >= 11 is 0. The lowest BCUT2D eigenvalue weighted by molar-refractivity contribution is 0.233. The van der Waals surface area contributed by atoms with Crippen LogP contribution in [0.3, 0.4) is 0 Å². The van der Waals surface area contributed by atoms with E-state index < -0.39 is 14.6 Å². The molecule has 1 unspecified atom stereocenters. The van der Waals surface area contributed by atoms with Gasteiger partial charge >= 0.3 is 0 Å². The topological polar surface area (TPSA) is 60.2 Å². The number of hydrogen-bond acceptors (Lipinski definition) is 3. The molecule has 0 spiro atoms. The Morgan fingerprint density at radius 1 is 1.20 bits per heavy atom. The molecule has 88 valence electrons. The van der Waals surface area contributed by atoms with Gasteiger partial charge in [-0.3, -0.25) is 0 Å². The molecular formula is C11H21NO2S. The summed E-state index contributed by atoms with van der Waals surface area (Å²) in [6, 6.07) is 0. The van der Waals surface area contributed by atoms with E-state index in [1.165, 1.54) is 0 Å². The highest BCUT2D eigenvalue weighted by atomic mass is 32.2. The Kier molecular flexibility index (Phi) is 2.43. The highest BCUT2D eigenvalue weighted by Gasteiger charge is 2.55. The molecule has 15 heavy (non-hydrogen) atoms. The van der Waals surface area contributed by atoms with Crippen LogP contribution in [-0.2, 0) is 9.84 Å². The molecule has 0 amide bonds. The van der Waals surface area contributed by atoms with Crippen LogP contribution in [0.5, 0.6) is 0 Å². The molecule has 2 rings (SSSR count). The molecule has 1 aliphatic heterocycles. The largest absolute Gasteiger partial charge is 0.325 e. The molecule has 4 heteroatoms. The van der Waals surface area contributed by atoms with Gasteiger partial charge in [0.1, 0.15) is 0 Å². The van der Waals surface area contributed by atoms with Crippen molar-refractivity contribution in [3.8, 4) is 0 Å². The normalized spacial score (nSPS) is 36.9. The summed E-state index contributed by atoms with van der Waals surface area (Å²) in [5.41, 5.74) is 6.18. The minimum Gasteiger partial charge on any atom is -0.325 e. The van der Waals surface area contributed by atoms with Gasteiger partial charge in [0.05, 0.1) is 10.5 Å². The average molecular weight is 231 g/mol. The van der Waals surface area contributed by atoms with Crippen LogP contribution >= 0.6 is 0 Å². The molecule has 1 atom stereocenters. The van der Waals surface area contributed by atoms with E-state index in [1.54, 1.807) is 0 Å². The van der Waals surface area contributed by atoms with Gasteiger partial charge in [-0.2, -0.15) is 0 Å². The quantitative estimate of drug-likeness (QED) is 0.743. The molecule has 0 aromatic rings. The van der Waals surface area contributed by atoms with E-state index in [0.29, 0.717) is 5.75 Å². The predicted octanol–water partition coefficient (Wildman–Crippen LogP) is 1.47. The molecule has 1 saturated heterocycles. The smallest absolute Gasteiger partial charge is 0.155 e. The van der Waals surface area contributed by atoms with Gasteiger partial charge < -0.3 is 5.73 Å². The van der Waals surface area contributed by atoms with Gasteiger partial charge in [0.25, 0.3) is 0 Å². The van der Waals surface area contributed by atoms with E-state index >= 15 is 0 Å². The van der Waals surface area contributed by atoms with Crippen LogP contribution in [0, 0.1) is 5.92 Å². The van der Waals surface area contributed by atoms with Gasteiger partial charge in [-0.25, -0.2) is 8.42 Å². The lowest BCUT2D eigenvalue weighted by Gasteiger charge is -2.38. The van der Waals surface area contributed by atoms with Crippen molar-refractivity contribution < 1.29 is 8.42 Å². The Bertz CT molecular complexity index is 353. The fraction of sp³-hybridized carbons (Fsp3) is 1.00. The fourth-order valence-corrected chi connectivity index (χ4v) is 5.32. The second-order valence-corrected chi connectivity index (χ2v) is 8.39. The standard InChI is InChI=1S/C11H21NO2S/c1-10(2)9(5-8-15(10,13)14)11(12)6-3-4-7-11/h9H,3-8,12H2,1-2H3. The summed E-state index contributed by atoms with van der Waals surface area (Å²) in [5, 5.41) is 0. The molecule has 2 fully saturated rings. The van der Waals surface area contributed by atoms with Crippen molar-refractivity contribution in [3.05, 3.63) is 0 Å². The Hall–Kier alpha value is -0.0900. The predicted molar refractivity (Wildman–Crippen MR) is 61.4 cm³/mol. The molecule has 0 aromatic heterocycles. The van der Waals surface area contributed by atoms with E-state index in [2.05, 4.69) is 0 Å². The van der Waals surface area contributed by atoms with Crippen molar-refractivity contribution in [3.63, 3.8) is 0 Å². The fourth-order valence-electron chi connectivity index (χ4n) is 3.46. The molecule has 1 aliphatic carbocycles. The molecule has 1 saturated carbocycles. The Morgan fingerprint density at radius 2 is 1.73 bits per heavy atom. The van der Waals surface area contributed by atoms with Gasteiger partial charge in [-0.1, -0.05) is 12.8 Å². The minimum atomic E-state index is -2.93. The second kappa shape index (κ2) is 3.20. The third kappa shape index (κ3) is 1.53. The SMILES string of the molecule is CC1(C)C(C2(N)CCCC2)CCS1(=O)=O. The van der Waals surface area contributed by atoms with Crippen molar-refractivity contribution >= 4 is 9.84 Å². The van der Waals surface area contributed by atoms with Crippen LogP contribution in [0.15, 0.2) is 0 Å². The van der Waals surface area contributed by atoms with E-state index in [9.17, 15) is 8.42 Å². The van der Waals surface area contributed by atoms with E-state index in [-0.39, 0.29) is 11.5 Å². The number of hydrogen-bond donors (Lipinski definition) is 1. The molecule has 2 aliphatic rings. The van der Waals surface area contributed by atoms with Crippen molar-refractivity contribution in [1.29, 1.82) is 0 Å². The first-order valence-corrected chi connectivity index (χ1v) is 7.46. The van der Waals surface area contributed by atoms with Crippen LogP contribution in [0.4, 0.5) is 0 Å². The molecule has 2 N–H and O–H groups in total. The summed E-state index contributed by atoms with van der Waals surface area (Å²) in [5.74, 6) is 0.473.